The predicted octanol–water partition coefficient (Wildman–Crippen LogP) is 4.65. The second-order valence-corrected chi connectivity index (χ2v) is 13.4. The maximum atomic E-state index is 13.2. The van der Waals surface area contributed by atoms with Crippen LogP contribution >= 0.6 is 0 Å². The van der Waals surface area contributed by atoms with Crippen LogP contribution in [0.3, 0.4) is 0 Å². The van der Waals surface area contributed by atoms with E-state index in [0.29, 0.717) is 72.0 Å². The van der Waals surface area contributed by atoms with Crippen molar-refractivity contribution in [1.29, 1.82) is 0 Å². The smallest absolute Gasteiger partial charge is 0.261 e. The highest BCUT2D eigenvalue weighted by Crippen LogP contribution is 2.51. The Hall–Kier alpha value is -3.97. The van der Waals surface area contributed by atoms with Gasteiger partial charge in [-0.25, -0.2) is 8.42 Å². The molecular formula is C35H41NO10S. The maximum absolute atomic E-state index is 13.2. The summed E-state index contributed by atoms with van der Waals surface area (Å²) < 4.78 is 62.8. The van der Waals surface area contributed by atoms with Gasteiger partial charge in [-0.1, -0.05) is 37.3 Å². The monoisotopic (exact) mass is 667 g/mol. The molecule has 0 aromatic heterocycles. The maximum Gasteiger partial charge on any atom is 0.261 e. The molecule has 3 unspecified atom stereocenters. The molecule has 3 atom stereocenters. The van der Waals surface area contributed by atoms with Crippen molar-refractivity contribution in [2.45, 2.75) is 48.9 Å². The van der Waals surface area contributed by atoms with Crippen molar-refractivity contribution in [1.82, 2.24) is 4.90 Å². The first-order chi connectivity index (χ1) is 22.6. The highest BCUT2D eigenvalue weighted by Gasteiger charge is 2.56. The summed E-state index contributed by atoms with van der Waals surface area (Å²) in [6, 6.07) is 17.0. The normalized spacial score (nSPS) is 20.8. The van der Waals surface area contributed by atoms with Gasteiger partial charge < -0.3 is 28.4 Å². The van der Waals surface area contributed by atoms with Gasteiger partial charge in [-0.2, -0.15) is 0 Å². The molecule has 252 valence electrons. The van der Waals surface area contributed by atoms with Crippen molar-refractivity contribution in [2.24, 2.45) is 0 Å². The number of carbonyl (C=O) groups is 2. The molecule has 1 saturated heterocycles. The van der Waals surface area contributed by atoms with Crippen LogP contribution in [0, 0.1) is 0 Å². The summed E-state index contributed by atoms with van der Waals surface area (Å²) in [7, 11) is 0.812. The third kappa shape index (κ3) is 6.47. The molecule has 2 amide bonds. The summed E-state index contributed by atoms with van der Waals surface area (Å²) in [5.41, 5.74) is 0.345. The molecule has 5 rings (SSSR count). The molecular weight excluding hydrogens is 626 g/mol. The molecule has 0 N–H and O–H groups in total. The van der Waals surface area contributed by atoms with E-state index in [9.17, 15) is 18.0 Å². The second kappa shape index (κ2) is 14.4. The molecule has 2 aliphatic rings. The number of nitrogens with zero attached hydrogens (tertiary/aromatic N) is 1. The molecule has 0 radical (unpaired) electrons. The van der Waals surface area contributed by atoms with Gasteiger partial charge in [0.1, 0.15) is 17.8 Å². The topological polar surface area (TPSA) is 127 Å². The zero-order chi connectivity index (χ0) is 33.8. The minimum absolute atomic E-state index is 0.0976. The van der Waals surface area contributed by atoms with E-state index in [2.05, 4.69) is 0 Å². The van der Waals surface area contributed by atoms with Crippen LogP contribution in [0.5, 0.6) is 17.2 Å². The third-order valence-electron chi connectivity index (χ3n) is 8.48. The first-order valence-electron chi connectivity index (χ1n) is 15.5. The van der Waals surface area contributed by atoms with E-state index in [0.717, 1.165) is 6.26 Å². The number of unbranched alkanes of at least 4 members (excludes halogenated alkanes) is 1. The Kier molecular flexibility index (Phi) is 10.5. The first kappa shape index (κ1) is 34.4. The number of imide groups is 1. The van der Waals surface area contributed by atoms with Crippen LogP contribution < -0.4 is 14.2 Å². The van der Waals surface area contributed by atoms with E-state index >= 15 is 0 Å². The van der Waals surface area contributed by atoms with Crippen molar-refractivity contribution >= 4 is 21.7 Å². The summed E-state index contributed by atoms with van der Waals surface area (Å²) >= 11 is 0. The van der Waals surface area contributed by atoms with Crippen LogP contribution in [0.1, 0.15) is 58.0 Å². The Morgan fingerprint density at radius 3 is 2.04 bits per heavy atom. The first-order valence-corrected chi connectivity index (χ1v) is 17.4. The molecule has 12 heteroatoms. The zero-order valence-corrected chi connectivity index (χ0v) is 28.1. The Balaban J connectivity index is 1.45. The van der Waals surface area contributed by atoms with Crippen LogP contribution in [0.15, 0.2) is 65.6 Å². The average molecular weight is 668 g/mol. The number of hydrogen-bond donors (Lipinski definition) is 0. The fraction of sp³-hybridized carbons (Fsp3) is 0.429. The molecule has 0 bridgehead atoms. The van der Waals surface area contributed by atoms with Gasteiger partial charge in [0.2, 0.25) is 5.75 Å². The SMILES string of the molecule is CCCOC1C(OCCCCN2C(=O)c3ccccc3C2=O)COC1(c1cc(OC)c(OC)c(OC)c1)c1ccccc1S(C)(=O)=O. The van der Waals surface area contributed by atoms with Gasteiger partial charge in [-0.3, -0.25) is 14.5 Å². The summed E-state index contributed by atoms with van der Waals surface area (Å²) in [6.45, 7) is 3.00. The van der Waals surface area contributed by atoms with E-state index < -0.39 is 27.6 Å². The number of benzene rings is 3. The fourth-order valence-electron chi connectivity index (χ4n) is 6.33. The molecule has 11 nitrogen and oxygen atoms in total. The van der Waals surface area contributed by atoms with E-state index in [4.69, 9.17) is 28.4 Å². The number of rotatable bonds is 15. The molecule has 47 heavy (non-hydrogen) atoms. The van der Waals surface area contributed by atoms with Crippen LogP contribution in [-0.2, 0) is 29.6 Å². The summed E-state index contributed by atoms with van der Waals surface area (Å²) in [5, 5.41) is 0. The summed E-state index contributed by atoms with van der Waals surface area (Å²) in [5.74, 6) is 0.536. The molecule has 0 aliphatic carbocycles. The van der Waals surface area contributed by atoms with Crippen LogP contribution in [0.25, 0.3) is 0 Å². The summed E-state index contributed by atoms with van der Waals surface area (Å²) in [4.78, 5) is 26.9. The quantitative estimate of drug-likeness (QED) is 0.167. The van der Waals surface area contributed by atoms with Crippen molar-refractivity contribution in [2.75, 3.05) is 54.0 Å². The van der Waals surface area contributed by atoms with Gasteiger partial charge in [0.15, 0.2) is 21.3 Å². The number of fused-ring (bicyclic) bond motifs is 1. The lowest BCUT2D eigenvalue weighted by molar-refractivity contribution is -0.0928. The molecule has 2 heterocycles. The minimum atomic E-state index is -3.71. The lowest BCUT2D eigenvalue weighted by Crippen LogP contribution is -2.45. The molecule has 2 aliphatic heterocycles. The second-order valence-electron chi connectivity index (χ2n) is 11.4. The minimum Gasteiger partial charge on any atom is -0.493 e. The molecule has 3 aromatic rings. The van der Waals surface area contributed by atoms with Gasteiger partial charge in [0.05, 0.1) is 44.0 Å². The Labute approximate surface area is 275 Å². The lowest BCUT2D eigenvalue weighted by atomic mass is 9.80. The van der Waals surface area contributed by atoms with Gasteiger partial charge in [0, 0.05) is 31.6 Å². The Morgan fingerprint density at radius 1 is 0.851 bits per heavy atom. The van der Waals surface area contributed by atoms with Crippen LogP contribution in [0.2, 0.25) is 0 Å². The number of sulfone groups is 1. The Morgan fingerprint density at radius 2 is 1.47 bits per heavy atom. The predicted molar refractivity (Wildman–Crippen MR) is 173 cm³/mol. The summed E-state index contributed by atoms with van der Waals surface area (Å²) in [6.07, 6.45) is 1.59. The lowest BCUT2D eigenvalue weighted by Gasteiger charge is -2.38. The Bertz CT molecular complexity index is 1660. The van der Waals surface area contributed by atoms with Crippen molar-refractivity contribution in [3.63, 3.8) is 0 Å². The molecule has 0 saturated carbocycles. The number of amides is 2. The van der Waals surface area contributed by atoms with E-state index in [1.807, 2.05) is 6.92 Å². The number of ether oxygens (including phenoxy) is 6. The van der Waals surface area contributed by atoms with Gasteiger partial charge in [0.25, 0.3) is 11.8 Å². The zero-order valence-electron chi connectivity index (χ0n) is 27.3. The number of hydrogen-bond acceptors (Lipinski definition) is 10. The van der Waals surface area contributed by atoms with Gasteiger partial charge >= 0.3 is 0 Å². The highest BCUT2D eigenvalue weighted by molar-refractivity contribution is 7.90. The van der Waals surface area contributed by atoms with Crippen molar-refractivity contribution in [3.8, 4) is 17.2 Å². The standard InChI is InChI=1S/C35H41NO10S/c1-6-18-45-32-29(44-19-12-11-17-36-33(37)24-13-7-8-14-25(24)34(36)38)22-46-35(32,26-15-9-10-16-30(26)47(5,39)40)23-20-27(41-2)31(43-4)28(21-23)42-3/h7-10,13-16,20-21,29,32H,6,11-12,17-19,22H2,1-5H3. The highest BCUT2D eigenvalue weighted by atomic mass is 32.2. The molecule has 0 spiro atoms. The van der Waals surface area contributed by atoms with Crippen molar-refractivity contribution in [3.05, 3.63) is 82.9 Å². The fourth-order valence-corrected chi connectivity index (χ4v) is 7.27. The van der Waals surface area contributed by atoms with Gasteiger partial charge in [-0.05, 0) is 55.2 Å². The van der Waals surface area contributed by atoms with Crippen LogP contribution in [0.4, 0.5) is 0 Å². The van der Waals surface area contributed by atoms with E-state index in [-0.39, 0.29) is 29.9 Å². The largest absolute Gasteiger partial charge is 0.493 e. The van der Waals surface area contributed by atoms with E-state index in [1.54, 1.807) is 60.7 Å². The number of methoxy groups -OCH3 is 3. The third-order valence-corrected chi connectivity index (χ3v) is 9.64. The van der Waals surface area contributed by atoms with Crippen molar-refractivity contribution < 1.29 is 46.4 Å². The van der Waals surface area contributed by atoms with Gasteiger partial charge in [-0.15, -0.1) is 0 Å². The van der Waals surface area contributed by atoms with E-state index in [1.165, 1.54) is 26.2 Å². The number of carbonyl (C=O) groups excluding carboxylic acids is 2. The molecule has 1 fully saturated rings. The molecule has 3 aromatic carbocycles. The van der Waals surface area contributed by atoms with Crippen LogP contribution in [-0.4, -0.2) is 91.3 Å². The average Bonchev–Trinajstić information content (AvgIpc) is 3.56.